The summed E-state index contributed by atoms with van der Waals surface area (Å²) >= 11 is 0. The van der Waals surface area contributed by atoms with Crippen LogP contribution in [0.15, 0.2) is 0 Å². The van der Waals surface area contributed by atoms with Gasteiger partial charge < -0.3 is 10.1 Å². The predicted molar refractivity (Wildman–Crippen MR) is 60.9 cm³/mol. The molecule has 2 unspecified atom stereocenters. The lowest BCUT2D eigenvalue weighted by Gasteiger charge is -2.40. The minimum absolute atomic E-state index is 0.224. The number of hydrogen-bond donors (Lipinski definition) is 1. The van der Waals surface area contributed by atoms with Gasteiger partial charge in [-0.15, -0.1) is 0 Å². The summed E-state index contributed by atoms with van der Waals surface area (Å²) in [4.78, 5) is 0. The molecule has 0 aliphatic heterocycles. The maximum Gasteiger partial charge on any atom is 0.391 e. The van der Waals surface area contributed by atoms with E-state index < -0.39 is 18.2 Å². The van der Waals surface area contributed by atoms with E-state index in [9.17, 15) is 13.2 Å². The Kier molecular flexibility index (Phi) is 5.25. The number of nitrogens with one attached hydrogen (secondary N) is 1. The molecule has 1 aliphatic carbocycles. The van der Waals surface area contributed by atoms with E-state index in [0.29, 0.717) is 12.5 Å². The molecule has 1 aliphatic rings. The molecule has 0 saturated heterocycles. The lowest BCUT2D eigenvalue weighted by atomic mass is 9.78. The van der Waals surface area contributed by atoms with Crippen LogP contribution in [0, 0.1) is 5.92 Å². The largest absolute Gasteiger partial charge is 0.391 e. The molecule has 17 heavy (non-hydrogen) atoms. The molecule has 0 spiro atoms. The molecule has 0 aromatic heterocycles. The van der Waals surface area contributed by atoms with Crippen LogP contribution >= 0.6 is 0 Å². The first-order valence-corrected chi connectivity index (χ1v) is 6.22. The van der Waals surface area contributed by atoms with Gasteiger partial charge in [-0.05, 0) is 25.8 Å². The smallest absolute Gasteiger partial charge is 0.373 e. The number of hydrogen-bond acceptors (Lipinski definition) is 2. The Labute approximate surface area is 101 Å². The third-order valence-electron chi connectivity index (χ3n) is 3.34. The fourth-order valence-electron chi connectivity index (χ4n) is 2.66. The molecule has 0 radical (unpaired) electrons. The van der Waals surface area contributed by atoms with Crippen LogP contribution in [0.4, 0.5) is 13.2 Å². The normalized spacial score (nSPS) is 30.5. The molecule has 2 atom stereocenters. The lowest BCUT2D eigenvalue weighted by Crippen LogP contribution is -2.46. The van der Waals surface area contributed by atoms with Gasteiger partial charge in [-0.2, -0.15) is 13.2 Å². The maximum absolute atomic E-state index is 12.1. The Morgan fingerprint density at radius 1 is 1.41 bits per heavy atom. The van der Waals surface area contributed by atoms with Gasteiger partial charge in [0.2, 0.25) is 0 Å². The van der Waals surface area contributed by atoms with E-state index >= 15 is 0 Å². The molecular weight excluding hydrogens is 231 g/mol. The van der Waals surface area contributed by atoms with E-state index in [0.717, 1.165) is 25.7 Å². The highest BCUT2D eigenvalue weighted by Gasteiger charge is 2.36. The zero-order valence-corrected chi connectivity index (χ0v) is 10.6. The van der Waals surface area contributed by atoms with Gasteiger partial charge in [0.1, 0.15) is 0 Å². The minimum atomic E-state index is -4.12. The molecule has 0 heterocycles. The van der Waals surface area contributed by atoms with E-state index in [4.69, 9.17) is 4.74 Å². The van der Waals surface area contributed by atoms with E-state index in [1.54, 1.807) is 0 Å². The van der Waals surface area contributed by atoms with E-state index in [-0.39, 0.29) is 6.61 Å². The molecule has 0 aromatic rings. The maximum atomic E-state index is 12.1. The predicted octanol–water partition coefficient (Wildman–Crippen LogP) is 3.12. The zero-order valence-electron chi connectivity index (χ0n) is 10.6. The fraction of sp³-hybridized carbons (Fsp3) is 1.00. The van der Waals surface area contributed by atoms with Crippen LogP contribution in [0.5, 0.6) is 0 Å². The van der Waals surface area contributed by atoms with Crippen molar-refractivity contribution in [2.24, 2.45) is 5.92 Å². The van der Waals surface area contributed by atoms with Crippen molar-refractivity contribution >= 4 is 0 Å². The van der Waals surface area contributed by atoms with Gasteiger partial charge in [-0.3, -0.25) is 0 Å². The van der Waals surface area contributed by atoms with Gasteiger partial charge in [0.15, 0.2) is 0 Å². The van der Waals surface area contributed by atoms with Crippen molar-refractivity contribution in [3.05, 3.63) is 0 Å². The summed E-state index contributed by atoms with van der Waals surface area (Å²) in [5, 5.41) is 3.04. The molecular formula is C12H22F3NO. The van der Waals surface area contributed by atoms with Crippen molar-refractivity contribution in [1.82, 2.24) is 5.32 Å². The number of likely N-dealkylation sites (N-methyl/N-ethyl adjacent to an activating group) is 1. The van der Waals surface area contributed by atoms with Crippen LogP contribution in [0.2, 0.25) is 0 Å². The Balaban J connectivity index is 2.47. The third-order valence-corrected chi connectivity index (χ3v) is 3.34. The summed E-state index contributed by atoms with van der Waals surface area (Å²) in [6.45, 7) is 2.55. The van der Waals surface area contributed by atoms with Crippen molar-refractivity contribution in [3.8, 4) is 0 Å². The van der Waals surface area contributed by atoms with E-state index in [1.807, 2.05) is 7.05 Å². The molecule has 102 valence electrons. The number of halogens is 3. The number of alkyl halides is 3. The second-order valence-corrected chi connectivity index (χ2v) is 5.13. The highest BCUT2D eigenvalue weighted by Crippen LogP contribution is 2.35. The molecule has 0 bridgehead atoms. The topological polar surface area (TPSA) is 21.3 Å². The highest BCUT2D eigenvalue weighted by atomic mass is 19.4. The van der Waals surface area contributed by atoms with Crippen molar-refractivity contribution in [2.75, 3.05) is 20.2 Å². The van der Waals surface area contributed by atoms with Gasteiger partial charge in [0, 0.05) is 6.54 Å². The quantitative estimate of drug-likeness (QED) is 0.812. The molecule has 1 N–H and O–H groups in total. The van der Waals surface area contributed by atoms with Crippen LogP contribution in [-0.2, 0) is 4.74 Å². The third kappa shape index (κ3) is 5.25. The van der Waals surface area contributed by atoms with Crippen LogP contribution in [0.1, 0.15) is 39.0 Å². The summed E-state index contributed by atoms with van der Waals surface area (Å²) in [6.07, 6.45) is -1.08. The van der Waals surface area contributed by atoms with Crippen molar-refractivity contribution in [3.63, 3.8) is 0 Å². The summed E-state index contributed by atoms with van der Waals surface area (Å²) in [5.74, 6) is 0.531. The molecule has 0 amide bonds. The summed E-state index contributed by atoms with van der Waals surface area (Å²) in [6, 6.07) is 0. The second kappa shape index (κ2) is 6.05. The first-order valence-electron chi connectivity index (χ1n) is 6.22. The lowest BCUT2D eigenvalue weighted by molar-refractivity contribution is -0.163. The Morgan fingerprint density at radius 2 is 2.12 bits per heavy atom. The zero-order chi connectivity index (χ0) is 12.9. The second-order valence-electron chi connectivity index (χ2n) is 5.13. The van der Waals surface area contributed by atoms with Crippen LogP contribution < -0.4 is 5.32 Å². The monoisotopic (exact) mass is 253 g/mol. The van der Waals surface area contributed by atoms with Crippen LogP contribution in [0.3, 0.4) is 0 Å². The molecule has 2 nitrogen and oxygen atoms in total. The Hall–Kier alpha value is -0.290. The number of rotatable bonds is 5. The molecule has 1 fully saturated rings. The summed E-state index contributed by atoms with van der Waals surface area (Å²) in [7, 11) is 1.81. The number of ether oxygens (including phenoxy) is 1. The first-order chi connectivity index (χ1) is 7.87. The molecule has 5 heteroatoms. The van der Waals surface area contributed by atoms with Crippen LogP contribution in [0.25, 0.3) is 0 Å². The van der Waals surface area contributed by atoms with Gasteiger partial charge >= 0.3 is 6.18 Å². The Bertz CT molecular complexity index is 228. The van der Waals surface area contributed by atoms with E-state index in [2.05, 4.69) is 12.2 Å². The van der Waals surface area contributed by atoms with Crippen molar-refractivity contribution < 1.29 is 17.9 Å². The minimum Gasteiger partial charge on any atom is -0.373 e. The molecule has 1 rings (SSSR count). The summed E-state index contributed by atoms with van der Waals surface area (Å²) in [5.41, 5.74) is -0.391. The standard InChI is InChI=1S/C12H22F3NO/c1-10-4-3-5-11(8-10,9-16-2)17-7-6-12(13,14)15/h10,16H,3-9H2,1-2H3. The molecule has 1 saturated carbocycles. The SMILES string of the molecule is CNCC1(OCCC(F)(F)F)CCCC(C)C1. The van der Waals surface area contributed by atoms with Gasteiger partial charge in [0.05, 0.1) is 18.6 Å². The van der Waals surface area contributed by atoms with Gasteiger partial charge in [0.25, 0.3) is 0 Å². The molecule has 0 aromatic carbocycles. The average Bonchev–Trinajstić information content (AvgIpc) is 2.15. The van der Waals surface area contributed by atoms with Gasteiger partial charge in [-0.25, -0.2) is 0 Å². The highest BCUT2D eigenvalue weighted by molar-refractivity contribution is 4.88. The first kappa shape index (κ1) is 14.8. The average molecular weight is 253 g/mol. The van der Waals surface area contributed by atoms with Crippen molar-refractivity contribution in [1.29, 1.82) is 0 Å². The van der Waals surface area contributed by atoms with E-state index in [1.165, 1.54) is 0 Å². The fourth-order valence-corrected chi connectivity index (χ4v) is 2.66. The van der Waals surface area contributed by atoms with Crippen molar-refractivity contribution in [2.45, 2.75) is 50.8 Å². The Morgan fingerprint density at radius 3 is 2.65 bits per heavy atom. The van der Waals surface area contributed by atoms with Crippen LogP contribution in [-0.4, -0.2) is 32.0 Å². The summed E-state index contributed by atoms with van der Waals surface area (Å²) < 4.78 is 41.9. The van der Waals surface area contributed by atoms with Gasteiger partial charge in [-0.1, -0.05) is 19.8 Å².